The zero-order chi connectivity index (χ0) is 14.5. The maximum Gasteiger partial charge on any atom is 0.348 e. The van der Waals surface area contributed by atoms with Crippen LogP contribution in [-0.2, 0) is 13.0 Å². The van der Waals surface area contributed by atoms with Crippen molar-refractivity contribution in [3.63, 3.8) is 0 Å². The summed E-state index contributed by atoms with van der Waals surface area (Å²) in [6, 6.07) is 9.54. The van der Waals surface area contributed by atoms with Gasteiger partial charge in [0.05, 0.1) is 4.92 Å². The van der Waals surface area contributed by atoms with Gasteiger partial charge in [-0.15, -0.1) is 0 Å². The van der Waals surface area contributed by atoms with Crippen LogP contribution in [0.15, 0.2) is 30.3 Å². The van der Waals surface area contributed by atoms with Crippen LogP contribution in [0, 0.1) is 10.1 Å². The second-order valence-corrected chi connectivity index (χ2v) is 4.44. The molecular weight excluding hydrogens is 280 g/mol. The van der Waals surface area contributed by atoms with Crippen LogP contribution in [-0.4, -0.2) is 14.9 Å². The Hall–Kier alpha value is -2.21. The van der Waals surface area contributed by atoms with Gasteiger partial charge in [0.2, 0.25) is 11.0 Å². The highest BCUT2D eigenvalue weighted by Gasteiger charge is 2.23. The fourth-order valence-corrected chi connectivity index (χ4v) is 1.95. The number of benzene rings is 1. The van der Waals surface area contributed by atoms with Gasteiger partial charge < -0.3 is 5.32 Å². The van der Waals surface area contributed by atoms with Crippen molar-refractivity contribution in [3.05, 3.63) is 57.0 Å². The van der Waals surface area contributed by atoms with Gasteiger partial charge in [0.15, 0.2) is 0 Å². The van der Waals surface area contributed by atoms with Crippen LogP contribution in [0.1, 0.15) is 18.3 Å². The Bertz CT molecular complexity index is 619. The highest BCUT2D eigenvalue weighted by Crippen LogP contribution is 2.29. The lowest BCUT2D eigenvalue weighted by Gasteiger charge is -2.08. The number of rotatable bonds is 5. The van der Waals surface area contributed by atoms with E-state index >= 15 is 0 Å². The van der Waals surface area contributed by atoms with E-state index in [1.54, 1.807) is 0 Å². The highest BCUT2D eigenvalue weighted by atomic mass is 35.5. The summed E-state index contributed by atoms with van der Waals surface area (Å²) in [6.45, 7) is 2.29. The summed E-state index contributed by atoms with van der Waals surface area (Å²) in [6.07, 6.45) is 0.553. The normalized spacial score (nSPS) is 10.3. The number of halogens is 1. The molecule has 0 unspecified atom stereocenters. The quantitative estimate of drug-likeness (QED) is 0.520. The molecule has 0 aliphatic heterocycles. The molecule has 0 fully saturated rings. The summed E-state index contributed by atoms with van der Waals surface area (Å²) in [7, 11) is 0. The van der Waals surface area contributed by atoms with Crippen molar-refractivity contribution in [2.24, 2.45) is 0 Å². The molecule has 20 heavy (non-hydrogen) atoms. The summed E-state index contributed by atoms with van der Waals surface area (Å²) in [4.78, 5) is 18.5. The third-order valence-corrected chi connectivity index (χ3v) is 2.95. The minimum absolute atomic E-state index is 0.141. The Labute approximate surface area is 121 Å². The second kappa shape index (κ2) is 6.29. The van der Waals surface area contributed by atoms with E-state index in [1.165, 1.54) is 0 Å². The molecule has 1 N–H and O–H groups in total. The Morgan fingerprint density at radius 1 is 1.30 bits per heavy atom. The Kier molecular flexibility index (Phi) is 4.47. The van der Waals surface area contributed by atoms with Gasteiger partial charge in [-0.3, -0.25) is 10.1 Å². The molecule has 2 aromatic rings. The first kappa shape index (κ1) is 14.2. The van der Waals surface area contributed by atoms with Gasteiger partial charge in [0.1, 0.15) is 5.82 Å². The minimum atomic E-state index is -0.574. The van der Waals surface area contributed by atoms with Crippen molar-refractivity contribution >= 4 is 23.1 Å². The first-order chi connectivity index (χ1) is 9.61. The van der Waals surface area contributed by atoms with E-state index in [1.807, 2.05) is 37.3 Å². The lowest BCUT2D eigenvalue weighted by atomic mass is 10.2. The Balaban J connectivity index is 2.29. The molecule has 1 aromatic carbocycles. The number of nitro groups is 1. The number of nitrogens with zero attached hydrogens (tertiary/aromatic N) is 3. The molecule has 0 bridgehead atoms. The number of nitrogens with one attached hydrogen (secondary N) is 1. The van der Waals surface area contributed by atoms with E-state index in [0.29, 0.717) is 18.8 Å². The summed E-state index contributed by atoms with van der Waals surface area (Å²) in [5.41, 5.74) is 0.703. The molecule has 0 saturated carbocycles. The van der Waals surface area contributed by atoms with Crippen LogP contribution in [0.2, 0.25) is 5.15 Å². The second-order valence-electron chi connectivity index (χ2n) is 4.08. The molecule has 0 spiro atoms. The monoisotopic (exact) mass is 292 g/mol. The Morgan fingerprint density at radius 3 is 2.60 bits per heavy atom. The molecule has 1 aromatic heterocycles. The number of hydrogen-bond donors (Lipinski definition) is 1. The van der Waals surface area contributed by atoms with Crippen molar-refractivity contribution < 1.29 is 4.92 Å². The molecular formula is C13H13ClN4O2. The van der Waals surface area contributed by atoms with Gasteiger partial charge in [-0.2, -0.15) is 0 Å². The van der Waals surface area contributed by atoms with Gasteiger partial charge in [0.25, 0.3) is 0 Å². The van der Waals surface area contributed by atoms with E-state index in [0.717, 1.165) is 5.56 Å². The van der Waals surface area contributed by atoms with Crippen LogP contribution in [0.4, 0.5) is 11.5 Å². The molecule has 0 aliphatic rings. The Morgan fingerprint density at radius 2 is 2.00 bits per heavy atom. The third-order valence-electron chi connectivity index (χ3n) is 2.69. The van der Waals surface area contributed by atoms with Crippen molar-refractivity contribution in [3.8, 4) is 0 Å². The predicted octanol–water partition coefficient (Wildman–Crippen LogP) is 3.21. The predicted molar refractivity (Wildman–Crippen MR) is 76.8 cm³/mol. The highest BCUT2D eigenvalue weighted by molar-refractivity contribution is 6.31. The third kappa shape index (κ3) is 3.21. The largest absolute Gasteiger partial charge is 0.360 e. The molecule has 0 atom stereocenters. The molecule has 6 nitrogen and oxygen atoms in total. The van der Waals surface area contributed by atoms with Gasteiger partial charge in [-0.05, 0) is 5.56 Å². The molecule has 0 radical (unpaired) electrons. The number of aromatic nitrogens is 2. The van der Waals surface area contributed by atoms with Crippen LogP contribution >= 0.6 is 11.6 Å². The van der Waals surface area contributed by atoms with Crippen molar-refractivity contribution in [2.75, 3.05) is 5.32 Å². The van der Waals surface area contributed by atoms with Crippen LogP contribution < -0.4 is 5.32 Å². The molecule has 0 amide bonds. The van der Waals surface area contributed by atoms with Crippen LogP contribution in [0.5, 0.6) is 0 Å². The average molecular weight is 293 g/mol. The molecule has 7 heteroatoms. The summed E-state index contributed by atoms with van der Waals surface area (Å²) < 4.78 is 0. The topological polar surface area (TPSA) is 81.0 Å². The van der Waals surface area contributed by atoms with Crippen molar-refractivity contribution in [2.45, 2.75) is 19.9 Å². The fourth-order valence-electron chi connectivity index (χ4n) is 1.70. The summed E-state index contributed by atoms with van der Waals surface area (Å²) >= 11 is 5.86. The summed E-state index contributed by atoms with van der Waals surface area (Å²) in [5, 5.41) is 13.9. The lowest BCUT2D eigenvalue weighted by Crippen LogP contribution is -2.08. The van der Waals surface area contributed by atoms with Crippen molar-refractivity contribution in [1.29, 1.82) is 0 Å². The summed E-state index contributed by atoms with van der Waals surface area (Å²) in [5.74, 6) is 0.617. The average Bonchev–Trinajstić information content (AvgIpc) is 2.45. The molecule has 104 valence electrons. The number of hydrogen-bond acceptors (Lipinski definition) is 5. The van der Waals surface area contributed by atoms with Crippen LogP contribution in [0.3, 0.4) is 0 Å². The van der Waals surface area contributed by atoms with Crippen LogP contribution in [0.25, 0.3) is 0 Å². The molecule has 0 aliphatic carbocycles. The van der Waals surface area contributed by atoms with E-state index < -0.39 is 4.92 Å². The smallest absolute Gasteiger partial charge is 0.348 e. The van der Waals surface area contributed by atoms with Gasteiger partial charge >= 0.3 is 5.69 Å². The standard InChI is InChI=1S/C13H13ClN4O2/c1-2-10-16-12(14)11(18(19)20)13(17-10)15-8-9-6-4-3-5-7-9/h3-7H,2,8H2,1H3,(H,15,16,17). The van der Waals surface area contributed by atoms with Gasteiger partial charge in [-0.1, -0.05) is 48.9 Å². The minimum Gasteiger partial charge on any atom is -0.360 e. The molecule has 0 saturated heterocycles. The van der Waals surface area contributed by atoms with Gasteiger partial charge in [0, 0.05) is 13.0 Å². The van der Waals surface area contributed by atoms with E-state index in [-0.39, 0.29) is 16.7 Å². The lowest BCUT2D eigenvalue weighted by molar-refractivity contribution is -0.384. The van der Waals surface area contributed by atoms with E-state index in [9.17, 15) is 10.1 Å². The fraction of sp³-hybridized carbons (Fsp3) is 0.231. The number of anilines is 1. The first-order valence-corrected chi connectivity index (χ1v) is 6.48. The van der Waals surface area contributed by atoms with Crippen molar-refractivity contribution in [1.82, 2.24) is 9.97 Å². The van der Waals surface area contributed by atoms with E-state index in [2.05, 4.69) is 15.3 Å². The molecule has 2 rings (SSSR count). The maximum atomic E-state index is 11.1. The zero-order valence-corrected chi connectivity index (χ0v) is 11.6. The van der Waals surface area contributed by atoms with Gasteiger partial charge in [-0.25, -0.2) is 9.97 Å². The zero-order valence-electron chi connectivity index (χ0n) is 10.8. The maximum absolute atomic E-state index is 11.1. The first-order valence-electron chi connectivity index (χ1n) is 6.10. The molecule has 1 heterocycles. The van der Waals surface area contributed by atoms with E-state index in [4.69, 9.17) is 11.6 Å². The SMILES string of the molecule is CCc1nc(Cl)c([N+](=O)[O-])c(NCc2ccccc2)n1. The number of aryl methyl sites for hydroxylation is 1.